The molecule has 0 amide bonds. The number of morpholine rings is 1. The van der Waals surface area contributed by atoms with Gasteiger partial charge in [-0.05, 0) is 12.8 Å². The van der Waals surface area contributed by atoms with Crippen molar-refractivity contribution in [2.75, 3.05) is 39.5 Å². The highest BCUT2D eigenvalue weighted by Gasteiger charge is 2.40. The van der Waals surface area contributed by atoms with Crippen molar-refractivity contribution >= 4 is 0 Å². The van der Waals surface area contributed by atoms with Crippen LogP contribution in [0.15, 0.2) is 0 Å². The van der Waals surface area contributed by atoms with Gasteiger partial charge in [-0.3, -0.25) is 4.90 Å². The van der Waals surface area contributed by atoms with Gasteiger partial charge in [0.05, 0.1) is 38.1 Å². The van der Waals surface area contributed by atoms with Gasteiger partial charge in [-0.2, -0.15) is 0 Å². The van der Waals surface area contributed by atoms with Crippen molar-refractivity contribution in [3.05, 3.63) is 0 Å². The minimum absolute atomic E-state index is 0.0602. The van der Waals surface area contributed by atoms with Crippen LogP contribution in [0, 0.1) is 0 Å². The van der Waals surface area contributed by atoms with Gasteiger partial charge in [0.2, 0.25) is 5.92 Å². The second-order valence-corrected chi connectivity index (χ2v) is 6.68. The molecule has 1 aliphatic carbocycles. The van der Waals surface area contributed by atoms with E-state index in [1.54, 1.807) is 0 Å². The summed E-state index contributed by atoms with van der Waals surface area (Å²) in [7, 11) is 0. The van der Waals surface area contributed by atoms with Crippen LogP contribution < -0.4 is 5.32 Å². The summed E-state index contributed by atoms with van der Waals surface area (Å²) in [6.45, 7) is 4.32. The number of nitrogens with one attached hydrogen (secondary N) is 1. The molecule has 0 radical (unpaired) electrons. The van der Waals surface area contributed by atoms with E-state index in [0.29, 0.717) is 26.0 Å². The molecule has 2 saturated heterocycles. The lowest BCUT2D eigenvalue weighted by Gasteiger charge is -2.32. The molecular formula is C15H26F2N2O3. The van der Waals surface area contributed by atoms with Gasteiger partial charge in [0.15, 0.2) is 0 Å². The number of hydrogen-bond acceptors (Lipinski definition) is 5. The number of aliphatic hydroxyl groups is 1. The Morgan fingerprint density at radius 1 is 1.18 bits per heavy atom. The maximum absolute atomic E-state index is 13.2. The SMILES string of the molecule is O[C@@H]1[C@@H](NC2CCC(F)(F)CC2)CO[C@H]1CN1CCOCC1. The predicted molar refractivity (Wildman–Crippen MR) is 77.1 cm³/mol. The number of ether oxygens (including phenoxy) is 2. The molecule has 5 nitrogen and oxygen atoms in total. The monoisotopic (exact) mass is 320 g/mol. The van der Waals surface area contributed by atoms with Crippen LogP contribution in [0.5, 0.6) is 0 Å². The average Bonchev–Trinajstić information content (AvgIpc) is 2.84. The smallest absolute Gasteiger partial charge is 0.248 e. The van der Waals surface area contributed by atoms with Crippen molar-refractivity contribution in [1.29, 1.82) is 0 Å². The first kappa shape index (κ1) is 16.5. The summed E-state index contributed by atoms with van der Waals surface area (Å²) in [5, 5.41) is 13.7. The standard InChI is InChI=1S/C15H26F2N2O3/c16-15(17)3-1-11(2-4-15)18-12-10-22-13(14(12)20)9-19-5-7-21-8-6-19/h11-14,18,20H,1-10H2/t12-,13-,14+/m0/s1. The molecule has 2 heterocycles. The van der Waals surface area contributed by atoms with Gasteiger partial charge >= 0.3 is 0 Å². The molecule has 3 atom stereocenters. The number of nitrogens with zero attached hydrogens (tertiary/aromatic N) is 1. The van der Waals surface area contributed by atoms with E-state index in [2.05, 4.69) is 10.2 Å². The third-order valence-electron chi connectivity index (χ3n) is 4.99. The third kappa shape index (κ3) is 4.14. The lowest BCUT2D eigenvalue weighted by molar-refractivity contribution is -0.0424. The van der Waals surface area contributed by atoms with E-state index >= 15 is 0 Å². The van der Waals surface area contributed by atoms with Crippen LogP contribution in [0.3, 0.4) is 0 Å². The van der Waals surface area contributed by atoms with E-state index in [-0.39, 0.29) is 31.0 Å². The third-order valence-corrected chi connectivity index (χ3v) is 4.99. The van der Waals surface area contributed by atoms with E-state index in [1.165, 1.54) is 0 Å². The molecule has 0 aromatic carbocycles. The molecule has 3 aliphatic rings. The van der Waals surface area contributed by atoms with Crippen LogP contribution >= 0.6 is 0 Å². The first-order valence-corrected chi connectivity index (χ1v) is 8.27. The number of hydrogen-bond donors (Lipinski definition) is 2. The molecule has 0 bridgehead atoms. The van der Waals surface area contributed by atoms with E-state index in [9.17, 15) is 13.9 Å². The Bertz CT molecular complexity index is 357. The Hall–Kier alpha value is -0.340. The molecule has 1 saturated carbocycles. The first-order chi connectivity index (χ1) is 10.5. The van der Waals surface area contributed by atoms with Crippen LogP contribution in [-0.4, -0.2) is 79.7 Å². The minimum Gasteiger partial charge on any atom is -0.389 e. The molecule has 3 fully saturated rings. The van der Waals surface area contributed by atoms with Gasteiger partial charge in [0.1, 0.15) is 0 Å². The molecule has 22 heavy (non-hydrogen) atoms. The van der Waals surface area contributed by atoms with Crippen molar-refractivity contribution < 1.29 is 23.4 Å². The largest absolute Gasteiger partial charge is 0.389 e. The Balaban J connectivity index is 1.43. The fourth-order valence-corrected chi connectivity index (χ4v) is 3.54. The highest BCUT2D eigenvalue weighted by Crippen LogP contribution is 2.33. The van der Waals surface area contributed by atoms with Crippen LogP contribution in [-0.2, 0) is 9.47 Å². The van der Waals surface area contributed by atoms with E-state index in [0.717, 1.165) is 26.3 Å². The summed E-state index contributed by atoms with van der Waals surface area (Å²) in [6.07, 6.45) is 0.0112. The molecule has 0 aromatic rings. The molecule has 2 N–H and O–H groups in total. The van der Waals surface area contributed by atoms with Gasteiger partial charge in [-0.15, -0.1) is 0 Å². The second kappa shape index (κ2) is 7.05. The topological polar surface area (TPSA) is 54.0 Å². The van der Waals surface area contributed by atoms with Crippen molar-refractivity contribution in [3.8, 4) is 0 Å². The van der Waals surface area contributed by atoms with Gasteiger partial charge in [0.25, 0.3) is 0 Å². The Labute approximate surface area is 129 Å². The quantitative estimate of drug-likeness (QED) is 0.795. The number of aliphatic hydroxyl groups excluding tert-OH is 1. The summed E-state index contributed by atoms with van der Waals surface area (Å²) >= 11 is 0. The molecule has 7 heteroatoms. The Morgan fingerprint density at radius 3 is 2.55 bits per heavy atom. The predicted octanol–water partition coefficient (Wildman–Crippen LogP) is 0.614. The zero-order valence-corrected chi connectivity index (χ0v) is 12.8. The maximum Gasteiger partial charge on any atom is 0.248 e. The van der Waals surface area contributed by atoms with Crippen LogP contribution in [0.25, 0.3) is 0 Å². The van der Waals surface area contributed by atoms with Crippen LogP contribution in [0.1, 0.15) is 25.7 Å². The molecule has 0 spiro atoms. The molecule has 3 rings (SSSR count). The highest BCUT2D eigenvalue weighted by molar-refractivity contribution is 4.93. The maximum atomic E-state index is 13.2. The number of halogens is 2. The van der Waals surface area contributed by atoms with Crippen molar-refractivity contribution in [3.63, 3.8) is 0 Å². The first-order valence-electron chi connectivity index (χ1n) is 8.27. The minimum atomic E-state index is -2.51. The van der Waals surface area contributed by atoms with Gasteiger partial charge in [0, 0.05) is 38.5 Å². The molecule has 0 unspecified atom stereocenters. The molecule has 2 aliphatic heterocycles. The summed E-state index contributed by atoms with van der Waals surface area (Å²) in [5.74, 6) is -2.51. The molecular weight excluding hydrogens is 294 g/mol. The fourth-order valence-electron chi connectivity index (χ4n) is 3.54. The van der Waals surface area contributed by atoms with E-state index < -0.39 is 12.0 Å². The molecule has 0 aromatic heterocycles. The zero-order valence-electron chi connectivity index (χ0n) is 12.8. The Kier molecular flexibility index (Phi) is 5.29. The zero-order chi connectivity index (χ0) is 15.6. The highest BCUT2D eigenvalue weighted by atomic mass is 19.3. The lowest BCUT2D eigenvalue weighted by Crippen LogP contribution is -2.50. The van der Waals surface area contributed by atoms with Crippen molar-refractivity contribution in [1.82, 2.24) is 10.2 Å². The summed E-state index contributed by atoms with van der Waals surface area (Å²) < 4.78 is 37.4. The van der Waals surface area contributed by atoms with Gasteiger partial charge in [-0.1, -0.05) is 0 Å². The molecule has 128 valence electrons. The number of alkyl halides is 2. The Morgan fingerprint density at radius 2 is 1.86 bits per heavy atom. The summed E-state index contributed by atoms with van der Waals surface area (Å²) in [5.41, 5.74) is 0. The van der Waals surface area contributed by atoms with E-state index in [4.69, 9.17) is 9.47 Å². The second-order valence-electron chi connectivity index (χ2n) is 6.68. The van der Waals surface area contributed by atoms with E-state index in [1.807, 2.05) is 0 Å². The van der Waals surface area contributed by atoms with Gasteiger partial charge in [-0.25, -0.2) is 8.78 Å². The van der Waals surface area contributed by atoms with Gasteiger partial charge < -0.3 is 19.9 Å². The lowest BCUT2D eigenvalue weighted by atomic mass is 9.91. The number of rotatable bonds is 4. The van der Waals surface area contributed by atoms with Crippen LogP contribution in [0.4, 0.5) is 8.78 Å². The van der Waals surface area contributed by atoms with Crippen molar-refractivity contribution in [2.45, 2.75) is 55.9 Å². The summed E-state index contributed by atoms with van der Waals surface area (Å²) in [4.78, 5) is 2.24. The normalized spacial score (nSPS) is 37.5. The summed E-state index contributed by atoms with van der Waals surface area (Å²) in [6, 6.07) is -0.0900. The average molecular weight is 320 g/mol. The van der Waals surface area contributed by atoms with Crippen molar-refractivity contribution in [2.24, 2.45) is 0 Å². The fraction of sp³-hybridized carbons (Fsp3) is 1.00. The van der Waals surface area contributed by atoms with Crippen LogP contribution in [0.2, 0.25) is 0 Å².